The van der Waals surface area contributed by atoms with Gasteiger partial charge in [0.25, 0.3) is 0 Å². The Kier molecular flexibility index (Phi) is 2.23. The number of hydrogen-bond donors (Lipinski definition) is 1. The Morgan fingerprint density at radius 1 is 1.14 bits per heavy atom. The fourth-order valence-electron chi connectivity index (χ4n) is 4.87. The molecule has 0 aromatic heterocycles. The molecule has 0 aliphatic heterocycles. The Bertz CT molecular complexity index is 227. The van der Waals surface area contributed by atoms with E-state index in [1.54, 1.807) is 0 Å². The average molecular weight is 195 g/mol. The highest BCUT2D eigenvalue weighted by Gasteiger charge is 2.63. The SMILES string of the molecule is CCC1(CC)[C@H](N)[C@@H]2CC[C@H]1C2(C)C. The zero-order valence-corrected chi connectivity index (χ0v) is 10.1. The summed E-state index contributed by atoms with van der Waals surface area (Å²) in [6.07, 6.45) is 5.35. The fourth-order valence-corrected chi connectivity index (χ4v) is 4.87. The summed E-state index contributed by atoms with van der Waals surface area (Å²) in [5, 5.41) is 0. The predicted molar refractivity (Wildman–Crippen MR) is 61.0 cm³/mol. The average Bonchev–Trinajstić information content (AvgIpc) is 2.53. The van der Waals surface area contributed by atoms with Crippen molar-refractivity contribution < 1.29 is 0 Å². The first-order valence-electron chi connectivity index (χ1n) is 6.26. The topological polar surface area (TPSA) is 26.0 Å². The monoisotopic (exact) mass is 195 g/mol. The molecular weight excluding hydrogens is 170 g/mol. The van der Waals surface area contributed by atoms with Crippen LogP contribution in [0.25, 0.3) is 0 Å². The molecule has 0 amide bonds. The first kappa shape index (κ1) is 10.5. The lowest BCUT2D eigenvalue weighted by molar-refractivity contribution is 0.100. The highest BCUT2D eigenvalue weighted by molar-refractivity contribution is 5.15. The van der Waals surface area contributed by atoms with Gasteiger partial charge in [0, 0.05) is 6.04 Å². The van der Waals surface area contributed by atoms with Crippen molar-refractivity contribution in [1.82, 2.24) is 0 Å². The molecule has 82 valence electrons. The first-order valence-corrected chi connectivity index (χ1v) is 6.26. The molecule has 2 aliphatic carbocycles. The molecule has 1 heteroatoms. The summed E-state index contributed by atoms with van der Waals surface area (Å²) in [6.45, 7) is 9.56. The van der Waals surface area contributed by atoms with Crippen molar-refractivity contribution in [2.75, 3.05) is 0 Å². The minimum Gasteiger partial charge on any atom is -0.327 e. The minimum absolute atomic E-state index is 0.464. The molecular formula is C13H25N. The van der Waals surface area contributed by atoms with Crippen molar-refractivity contribution in [3.8, 4) is 0 Å². The van der Waals surface area contributed by atoms with E-state index < -0.39 is 0 Å². The van der Waals surface area contributed by atoms with E-state index in [0.29, 0.717) is 16.9 Å². The van der Waals surface area contributed by atoms with Gasteiger partial charge in [0.2, 0.25) is 0 Å². The molecule has 2 saturated carbocycles. The predicted octanol–water partition coefficient (Wildman–Crippen LogP) is 3.19. The molecule has 0 saturated heterocycles. The van der Waals surface area contributed by atoms with E-state index in [0.717, 1.165) is 11.8 Å². The van der Waals surface area contributed by atoms with Crippen LogP contribution >= 0.6 is 0 Å². The highest BCUT2D eigenvalue weighted by Crippen LogP contribution is 2.67. The molecule has 3 atom stereocenters. The third-order valence-electron chi connectivity index (χ3n) is 5.73. The van der Waals surface area contributed by atoms with Crippen molar-refractivity contribution in [2.45, 2.75) is 59.4 Å². The molecule has 0 spiro atoms. The molecule has 1 nitrogen and oxygen atoms in total. The van der Waals surface area contributed by atoms with Crippen molar-refractivity contribution in [3.63, 3.8) is 0 Å². The zero-order valence-electron chi connectivity index (χ0n) is 10.1. The van der Waals surface area contributed by atoms with Crippen LogP contribution in [-0.2, 0) is 0 Å². The van der Waals surface area contributed by atoms with E-state index in [4.69, 9.17) is 5.73 Å². The zero-order chi connectivity index (χ0) is 10.6. The third-order valence-corrected chi connectivity index (χ3v) is 5.73. The van der Waals surface area contributed by atoms with Gasteiger partial charge in [-0.3, -0.25) is 0 Å². The number of hydrogen-bond acceptors (Lipinski definition) is 1. The molecule has 2 aliphatic rings. The van der Waals surface area contributed by atoms with Gasteiger partial charge >= 0.3 is 0 Å². The Hall–Kier alpha value is -0.0400. The Balaban J connectivity index is 2.39. The molecule has 14 heavy (non-hydrogen) atoms. The van der Waals surface area contributed by atoms with Crippen LogP contribution in [0.1, 0.15) is 53.4 Å². The lowest BCUT2D eigenvalue weighted by Gasteiger charge is -2.41. The number of rotatable bonds is 2. The Morgan fingerprint density at radius 3 is 2.00 bits per heavy atom. The van der Waals surface area contributed by atoms with Gasteiger partial charge < -0.3 is 5.73 Å². The van der Waals surface area contributed by atoms with Crippen LogP contribution in [0.4, 0.5) is 0 Å². The van der Waals surface area contributed by atoms with Crippen LogP contribution in [0.5, 0.6) is 0 Å². The van der Waals surface area contributed by atoms with Crippen LogP contribution in [0.15, 0.2) is 0 Å². The summed E-state index contributed by atoms with van der Waals surface area (Å²) >= 11 is 0. The normalized spacial score (nSPS) is 43.1. The first-order chi connectivity index (χ1) is 6.50. The maximum atomic E-state index is 6.50. The molecule has 0 radical (unpaired) electrons. The standard InChI is InChI=1S/C13H25N/c1-5-13(6-2)10-8-7-9(11(13)14)12(10,3)4/h9-11H,5-8,14H2,1-4H3/t9-,10-,11+/m0/s1. The second-order valence-corrected chi connectivity index (χ2v) is 6.02. The molecule has 0 aromatic carbocycles. The number of fused-ring (bicyclic) bond motifs is 2. The van der Waals surface area contributed by atoms with Crippen LogP contribution in [0.2, 0.25) is 0 Å². The maximum Gasteiger partial charge on any atom is 0.0132 e. The van der Waals surface area contributed by atoms with E-state index in [1.165, 1.54) is 25.7 Å². The quantitative estimate of drug-likeness (QED) is 0.719. The van der Waals surface area contributed by atoms with Crippen LogP contribution in [-0.4, -0.2) is 6.04 Å². The second kappa shape index (κ2) is 2.98. The van der Waals surface area contributed by atoms with Gasteiger partial charge in [-0.05, 0) is 48.3 Å². The minimum atomic E-state index is 0.464. The van der Waals surface area contributed by atoms with Crippen LogP contribution < -0.4 is 5.73 Å². The van der Waals surface area contributed by atoms with E-state index in [1.807, 2.05) is 0 Å². The van der Waals surface area contributed by atoms with Gasteiger partial charge in [0.1, 0.15) is 0 Å². The van der Waals surface area contributed by atoms with E-state index in [-0.39, 0.29) is 0 Å². The van der Waals surface area contributed by atoms with E-state index in [2.05, 4.69) is 27.7 Å². The van der Waals surface area contributed by atoms with Crippen LogP contribution in [0.3, 0.4) is 0 Å². The van der Waals surface area contributed by atoms with E-state index in [9.17, 15) is 0 Å². The summed E-state index contributed by atoms with van der Waals surface area (Å²) in [6, 6.07) is 0.464. The smallest absolute Gasteiger partial charge is 0.0132 e. The molecule has 0 heterocycles. The van der Waals surface area contributed by atoms with Crippen LogP contribution in [0, 0.1) is 22.7 Å². The summed E-state index contributed by atoms with van der Waals surface area (Å²) in [5.41, 5.74) is 7.47. The Labute approximate surface area is 88.4 Å². The van der Waals surface area contributed by atoms with E-state index >= 15 is 0 Å². The molecule has 0 aromatic rings. The molecule has 2 fully saturated rings. The summed E-state index contributed by atoms with van der Waals surface area (Å²) in [5.74, 6) is 1.66. The molecule has 2 rings (SSSR count). The van der Waals surface area contributed by atoms with Crippen molar-refractivity contribution >= 4 is 0 Å². The number of nitrogens with two attached hydrogens (primary N) is 1. The lowest BCUT2D eigenvalue weighted by atomic mass is 9.65. The van der Waals surface area contributed by atoms with Gasteiger partial charge in [-0.2, -0.15) is 0 Å². The van der Waals surface area contributed by atoms with Gasteiger partial charge in [-0.15, -0.1) is 0 Å². The van der Waals surface area contributed by atoms with Gasteiger partial charge in [0.05, 0.1) is 0 Å². The molecule has 2 N–H and O–H groups in total. The maximum absolute atomic E-state index is 6.50. The summed E-state index contributed by atoms with van der Waals surface area (Å²) < 4.78 is 0. The molecule has 0 unspecified atom stereocenters. The lowest BCUT2D eigenvalue weighted by Crippen LogP contribution is -2.45. The van der Waals surface area contributed by atoms with Crippen molar-refractivity contribution in [3.05, 3.63) is 0 Å². The molecule has 2 bridgehead atoms. The van der Waals surface area contributed by atoms with Gasteiger partial charge in [-0.1, -0.05) is 27.7 Å². The summed E-state index contributed by atoms with van der Waals surface area (Å²) in [7, 11) is 0. The van der Waals surface area contributed by atoms with Gasteiger partial charge in [0.15, 0.2) is 0 Å². The highest BCUT2D eigenvalue weighted by atomic mass is 14.8. The fraction of sp³-hybridized carbons (Fsp3) is 1.00. The van der Waals surface area contributed by atoms with Gasteiger partial charge in [-0.25, -0.2) is 0 Å². The van der Waals surface area contributed by atoms with Crippen molar-refractivity contribution in [1.29, 1.82) is 0 Å². The largest absolute Gasteiger partial charge is 0.327 e. The van der Waals surface area contributed by atoms with Crippen molar-refractivity contribution in [2.24, 2.45) is 28.4 Å². The third kappa shape index (κ3) is 0.946. The Morgan fingerprint density at radius 2 is 1.71 bits per heavy atom. The second-order valence-electron chi connectivity index (χ2n) is 6.02. The summed E-state index contributed by atoms with van der Waals surface area (Å²) in [4.78, 5) is 0.